The normalized spacial score (nSPS) is 16.4. The third-order valence-electron chi connectivity index (χ3n) is 4.47. The van der Waals surface area contributed by atoms with Gasteiger partial charge in [0.25, 0.3) is 0 Å². The van der Waals surface area contributed by atoms with E-state index in [1.54, 1.807) is 4.68 Å². The quantitative estimate of drug-likeness (QED) is 0.787. The van der Waals surface area contributed by atoms with Crippen LogP contribution >= 0.6 is 0 Å². The van der Waals surface area contributed by atoms with Crippen molar-refractivity contribution in [2.45, 2.75) is 25.3 Å². The molecular weight excluding hydrogens is 286 g/mol. The molecular formula is C18H19N5. The monoisotopic (exact) mass is 305 g/mol. The number of hydrogen-bond acceptors (Lipinski definition) is 4. The van der Waals surface area contributed by atoms with E-state index >= 15 is 0 Å². The molecule has 1 unspecified atom stereocenters. The first kappa shape index (κ1) is 14.1. The highest BCUT2D eigenvalue weighted by atomic mass is 15.5. The van der Waals surface area contributed by atoms with Crippen molar-refractivity contribution in [1.82, 2.24) is 25.5 Å². The summed E-state index contributed by atoms with van der Waals surface area (Å²) in [4.78, 5) is 0. The van der Waals surface area contributed by atoms with E-state index in [-0.39, 0.29) is 0 Å². The number of nitrogens with one attached hydrogen (secondary N) is 1. The van der Waals surface area contributed by atoms with Gasteiger partial charge in [0, 0.05) is 6.54 Å². The average Bonchev–Trinajstić information content (AvgIpc) is 3.23. The molecule has 0 fully saturated rings. The molecule has 4 rings (SSSR count). The first-order valence-electron chi connectivity index (χ1n) is 8.03. The molecule has 23 heavy (non-hydrogen) atoms. The van der Waals surface area contributed by atoms with Crippen molar-refractivity contribution in [1.29, 1.82) is 0 Å². The number of para-hydroxylation sites is 1. The van der Waals surface area contributed by atoms with Gasteiger partial charge in [-0.1, -0.05) is 42.5 Å². The average molecular weight is 305 g/mol. The molecule has 2 aromatic carbocycles. The Bertz CT molecular complexity index is 781. The summed E-state index contributed by atoms with van der Waals surface area (Å²) in [7, 11) is 0. The molecule has 1 heterocycles. The second-order valence-electron chi connectivity index (χ2n) is 5.91. The van der Waals surface area contributed by atoms with Crippen LogP contribution in [0, 0.1) is 0 Å². The van der Waals surface area contributed by atoms with Crippen LogP contribution in [0.4, 0.5) is 0 Å². The van der Waals surface area contributed by atoms with Gasteiger partial charge in [-0.3, -0.25) is 0 Å². The standard InChI is InChI=1S/C18H19N5/c1-2-7-16(8-3-1)23-18(20-21-22-23)13-19-12-15-11-10-14-6-4-5-9-17(14)15/h1-9,15,19H,10-13H2. The van der Waals surface area contributed by atoms with Gasteiger partial charge >= 0.3 is 0 Å². The summed E-state index contributed by atoms with van der Waals surface area (Å²) in [5.74, 6) is 1.43. The van der Waals surface area contributed by atoms with Gasteiger partial charge in [-0.25, -0.2) is 0 Å². The molecule has 3 aromatic rings. The topological polar surface area (TPSA) is 55.6 Å². The van der Waals surface area contributed by atoms with Gasteiger partial charge in [0.15, 0.2) is 5.82 Å². The van der Waals surface area contributed by atoms with Crippen LogP contribution in [0.3, 0.4) is 0 Å². The van der Waals surface area contributed by atoms with E-state index in [9.17, 15) is 0 Å². The summed E-state index contributed by atoms with van der Waals surface area (Å²) < 4.78 is 1.79. The second-order valence-corrected chi connectivity index (χ2v) is 5.91. The number of fused-ring (bicyclic) bond motifs is 1. The van der Waals surface area contributed by atoms with Crippen LogP contribution in [-0.4, -0.2) is 26.8 Å². The molecule has 0 aliphatic heterocycles. The summed E-state index contributed by atoms with van der Waals surface area (Å²) in [6.07, 6.45) is 2.40. The molecule has 0 saturated carbocycles. The van der Waals surface area contributed by atoms with Gasteiger partial charge in [0.05, 0.1) is 12.2 Å². The SMILES string of the molecule is c1ccc(-n2nnnc2CNCC2CCc3ccccc32)cc1. The number of rotatable bonds is 5. The maximum Gasteiger partial charge on any atom is 0.170 e. The highest BCUT2D eigenvalue weighted by Crippen LogP contribution is 2.32. The molecule has 1 atom stereocenters. The number of tetrazole rings is 1. The maximum atomic E-state index is 4.14. The van der Waals surface area contributed by atoms with Crippen LogP contribution in [0.5, 0.6) is 0 Å². The number of hydrogen-bond donors (Lipinski definition) is 1. The summed E-state index contributed by atoms with van der Waals surface area (Å²) in [5.41, 5.74) is 3.97. The minimum atomic E-state index is 0.590. The largest absolute Gasteiger partial charge is 0.309 e. The van der Waals surface area contributed by atoms with Crippen LogP contribution in [0.1, 0.15) is 29.3 Å². The number of aromatic nitrogens is 4. The molecule has 0 radical (unpaired) electrons. The Labute approximate surface area is 135 Å². The van der Waals surface area contributed by atoms with E-state index in [1.807, 2.05) is 30.3 Å². The first-order valence-corrected chi connectivity index (χ1v) is 8.03. The Kier molecular flexibility index (Phi) is 3.86. The van der Waals surface area contributed by atoms with Crippen molar-refractivity contribution in [3.8, 4) is 5.69 Å². The molecule has 0 saturated heterocycles. The highest BCUT2D eigenvalue weighted by Gasteiger charge is 2.21. The van der Waals surface area contributed by atoms with Crippen LogP contribution in [0.2, 0.25) is 0 Å². The lowest BCUT2D eigenvalue weighted by atomic mass is 10.0. The fourth-order valence-corrected chi connectivity index (χ4v) is 3.30. The van der Waals surface area contributed by atoms with Gasteiger partial charge < -0.3 is 5.32 Å². The fourth-order valence-electron chi connectivity index (χ4n) is 3.30. The molecule has 0 amide bonds. The first-order chi connectivity index (χ1) is 11.4. The van der Waals surface area contributed by atoms with Crippen molar-refractivity contribution in [2.24, 2.45) is 0 Å². The molecule has 1 aliphatic carbocycles. The Morgan fingerprint density at radius 1 is 1.04 bits per heavy atom. The van der Waals surface area contributed by atoms with Crippen molar-refractivity contribution in [3.05, 3.63) is 71.5 Å². The third kappa shape index (κ3) is 2.87. The van der Waals surface area contributed by atoms with E-state index < -0.39 is 0 Å². The molecule has 1 aliphatic rings. The zero-order chi connectivity index (χ0) is 15.5. The number of aryl methyl sites for hydroxylation is 1. The fraction of sp³-hybridized carbons (Fsp3) is 0.278. The molecule has 0 spiro atoms. The Hall–Kier alpha value is -2.53. The Morgan fingerprint density at radius 2 is 1.87 bits per heavy atom. The van der Waals surface area contributed by atoms with E-state index in [1.165, 1.54) is 24.0 Å². The summed E-state index contributed by atoms with van der Waals surface area (Å²) in [6, 6.07) is 18.7. The molecule has 1 aromatic heterocycles. The van der Waals surface area contributed by atoms with Crippen molar-refractivity contribution in [2.75, 3.05) is 6.54 Å². The summed E-state index contributed by atoms with van der Waals surface area (Å²) in [6.45, 7) is 1.62. The van der Waals surface area contributed by atoms with Gasteiger partial charge in [0.2, 0.25) is 0 Å². The molecule has 0 bridgehead atoms. The number of benzene rings is 2. The van der Waals surface area contributed by atoms with Gasteiger partial charge in [-0.05, 0) is 52.4 Å². The van der Waals surface area contributed by atoms with E-state index in [4.69, 9.17) is 0 Å². The zero-order valence-electron chi connectivity index (χ0n) is 12.9. The minimum Gasteiger partial charge on any atom is -0.309 e. The van der Waals surface area contributed by atoms with Gasteiger partial charge in [0.1, 0.15) is 0 Å². The van der Waals surface area contributed by atoms with Crippen LogP contribution in [-0.2, 0) is 13.0 Å². The third-order valence-corrected chi connectivity index (χ3v) is 4.47. The zero-order valence-corrected chi connectivity index (χ0v) is 12.9. The van der Waals surface area contributed by atoms with Gasteiger partial charge in [-0.2, -0.15) is 4.68 Å². The van der Waals surface area contributed by atoms with Crippen LogP contribution in [0.25, 0.3) is 5.69 Å². The lowest BCUT2D eigenvalue weighted by Crippen LogP contribution is -2.22. The number of nitrogens with zero attached hydrogens (tertiary/aromatic N) is 4. The molecule has 5 heteroatoms. The van der Waals surface area contributed by atoms with Crippen molar-refractivity contribution >= 4 is 0 Å². The molecule has 1 N–H and O–H groups in total. The summed E-state index contributed by atoms with van der Waals surface area (Å²) in [5, 5.41) is 15.6. The molecule has 116 valence electrons. The Balaban J connectivity index is 1.41. The predicted molar refractivity (Wildman–Crippen MR) is 88.4 cm³/mol. The Morgan fingerprint density at radius 3 is 2.78 bits per heavy atom. The maximum absolute atomic E-state index is 4.14. The lowest BCUT2D eigenvalue weighted by molar-refractivity contribution is 0.561. The van der Waals surface area contributed by atoms with E-state index in [0.29, 0.717) is 12.5 Å². The van der Waals surface area contributed by atoms with Gasteiger partial charge in [-0.15, -0.1) is 5.10 Å². The van der Waals surface area contributed by atoms with Crippen LogP contribution in [0.15, 0.2) is 54.6 Å². The smallest absolute Gasteiger partial charge is 0.170 e. The highest BCUT2D eigenvalue weighted by molar-refractivity contribution is 5.35. The van der Waals surface area contributed by atoms with Crippen LogP contribution < -0.4 is 5.32 Å². The summed E-state index contributed by atoms with van der Waals surface area (Å²) >= 11 is 0. The van der Waals surface area contributed by atoms with E-state index in [2.05, 4.69) is 45.1 Å². The minimum absolute atomic E-state index is 0.590. The van der Waals surface area contributed by atoms with Crippen molar-refractivity contribution in [3.63, 3.8) is 0 Å². The van der Waals surface area contributed by atoms with Crippen molar-refractivity contribution < 1.29 is 0 Å². The lowest BCUT2D eigenvalue weighted by Gasteiger charge is -2.12. The van der Waals surface area contributed by atoms with E-state index in [0.717, 1.165) is 18.1 Å². The molecule has 5 nitrogen and oxygen atoms in total. The predicted octanol–water partition coefficient (Wildman–Crippen LogP) is 2.48. The second kappa shape index (κ2) is 6.30.